The van der Waals surface area contributed by atoms with Crippen molar-refractivity contribution in [1.82, 2.24) is 10.1 Å². The van der Waals surface area contributed by atoms with E-state index in [0.29, 0.717) is 5.56 Å². The quantitative estimate of drug-likeness (QED) is 0.578. The Bertz CT molecular complexity index is 494. The van der Waals surface area contributed by atoms with Gasteiger partial charge in [-0.2, -0.15) is 4.98 Å². The first-order chi connectivity index (χ1) is 7.16. The van der Waals surface area contributed by atoms with Gasteiger partial charge in [-0.1, -0.05) is 0 Å². The topological polar surface area (TPSA) is 82.1 Å². The van der Waals surface area contributed by atoms with Crippen LogP contribution in [0.5, 0.6) is 0 Å². The lowest BCUT2D eigenvalue weighted by molar-refractivity contribution is -0.384. The highest BCUT2D eigenvalue weighted by molar-refractivity contribution is 6.28. The van der Waals surface area contributed by atoms with E-state index >= 15 is 0 Å². The molecule has 0 amide bonds. The highest BCUT2D eigenvalue weighted by Gasteiger charge is 2.09. The minimum Gasteiger partial charge on any atom is -0.333 e. The maximum atomic E-state index is 10.4. The molecule has 7 heteroatoms. The first kappa shape index (κ1) is 9.60. The van der Waals surface area contributed by atoms with E-state index in [1.165, 1.54) is 24.3 Å². The average Bonchev–Trinajstić information content (AvgIpc) is 2.65. The third kappa shape index (κ3) is 1.94. The van der Waals surface area contributed by atoms with Crippen molar-refractivity contribution in [3.8, 4) is 11.5 Å². The summed E-state index contributed by atoms with van der Waals surface area (Å²) in [5.41, 5.74) is 0.587. The van der Waals surface area contributed by atoms with E-state index in [1.54, 1.807) is 0 Å². The van der Waals surface area contributed by atoms with E-state index < -0.39 is 4.92 Å². The molecule has 0 bridgehead atoms. The summed E-state index contributed by atoms with van der Waals surface area (Å²) < 4.78 is 4.79. The average molecular weight is 226 g/mol. The Morgan fingerprint density at radius 1 is 1.33 bits per heavy atom. The van der Waals surface area contributed by atoms with Gasteiger partial charge in [0.2, 0.25) is 0 Å². The Kier molecular flexibility index (Phi) is 2.34. The lowest BCUT2D eigenvalue weighted by Crippen LogP contribution is -1.87. The van der Waals surface area contributed by atoms with Crippen LogP contribution in [0, 0.1) is 10.1 Å². The van der Waals surface area contributed by atoms with Crippen molar-refractivity contribution in [2.75, 3.05) is 0 Å². The molecule has 0 saturated carbocycles. The number of hydrogen-bond acceptors (Lipinski definition) is 5. The molecular formula is C8H4ClN3O3. The number of nitro groups is 1. The molecule has 1 aromatic carbocycles. The number of aromatic nitrogens is 2. The van der Waals surface area contributed by atoms with Gasteiger partial charge in [0.15, 0.2) is 0 Å². The highest BCUT2D eigenvalue weighted by atomic mass is 35.5. The third-order valence-electron chi connectivity index (χ3n) is 1.73. The van der Waals surface area contributed by atoms with Crippen LogP contribution in [-0.2, 0) is 0 Å². The van der Waals surface area contributed by atoms with Gasteiger partial charge in [0.25, 0.3) is 16.9 Å². The normalized spacial score (nSPS) is 10.2. The van der Waals surface area contributed by atoms with E-state index in [0.717, 1.165) is 0 Å². The van der Waals surface area contributed by atoms with Crippen molar-refractivity contribution >= 4 is 17.3 Å². The first-order valence-corrected chi connectivity index (χ1v) is 4.28. The molecule has 1 heterocycles. The summed E-state index contributed by atoms with van der Waals surface area (Å²) in [4.78, 5) is 13.7. The molecule has 0 saturated heterocycles. The Morgan fingerprint density at radius 3 is 2.47 bits per heavy atom. The summed E-state index contributed by atoms with van der Waals surface area (Å²) in [6.07, 6.45) is 0. The third-order valence-corrected chi connectivity index (χ3v) is 1.88. The zero-order chi connectivity index (χ0) is 10.8. The number of halogens is 1. The molecule has 0 atom stereocenters. The van der Waals surface area contributed by atoms with Gasteiger partial charge in [0.05, 0.1) is 4.92 Å². The monoisotopic (exact) mass is 225 g/mol. The number of rotatable bonds is 2. The molecule has 0 aliphatic rings. The molecule has 1 aromatic heterocycles. The minimum atomic E-state index is -0.482. The molecule has 2 aromatic rings. The molecule has 6 nitrogen and oxygen atoms in total. The van der Waals surface area contributed by atoms with Gasteiger partial charge in [-0.25, -0.2) is 0 Å². The van der Waals surface area contributed by atoms with Gasteiger partial charge in [0.1, 0.15) is 0 Å². The predicted octanol–water partition coefficient (Wildman–Crippen LogP) is 2.30. The predicted molar refractivity (Wildman–Crippen MR) is 51.4 cm³/mol. The van der Waals surface area contributed by atoms with Crippen LogP contribution in [-0.4, -0.2) is 15.1 Å². The maximum Gasteiger partial charge on any atom is 0.269 e. The zero-order valence-electron chi connectivity index (χ0n) is 7.25. The van der Waals surface area contributed by atoms with Crippen molar-refractivity contribution in [3.05, 3.63) is 39.7 Å². The largest absolute Gasteiger partial charge is 0.333 e. The van der Waals surface area contributed by atoms with Crippen molar-refractivity contribution in [2.45, 2.75) is 0 Å². The van der Waals surface area contributed by atoms with Crippen LogP contribution in [0.15, 0.2) is 28.8 Å². The summed E-state index contributed by atoms with van der Waals surface area (Å²) in [5.74, 6) is 0.231. The Hall–Kier alpha value is -1.95. The van der Waals surface area contributed by atoms with Crippen molar-refractivity contribution in [3.63, 3.8) is 0 Å². The van der Waals surface area contributed by atoms with Crippen LogP contribution >= 0.6 is 11.6 Å². The van der Waals surface area contributed by atoms with Crippen LogP contribution < -0.4 is 0 Å². The second-order valence-corrected chi connectivity index (χ2v) is 3.01. The molecule has 0 radical (unpaired) electrons. The van der Waals surface area contributed by atoms with Gasteiger partial charge >= 0.3 is 0 Å². The molecule has 0 unspecified atom stereocenters. The van der Waals surface area contributed by atoms with Gasteiger partial charge < -0.3 is 4.52 Å². The molecular weight excluding hydrogens is 222 g/mol. The maximum absolute atomic E-state index is 10.4. The number of non-ortho nitro benzene ring substituents is 1. The standard InChI is InChI=1S/C8H4ClN3O3/c9-8-10-7(15-11-8)5-1-3-6(4-2-5)12(13)14/h1-4H. The molecule has 76 valence electrons. The van der Waals surface area contributed by atoms with Crippen LogP contribution in [0.4, 0.5) is 5.69 Å². The lowest BCUT2D eigenvalue weighted by atomic mass is 10.2. The molecule has 0 N–H and O–H groups in total. The summed E-state index contributed by atoms with van der Waals surface area (Å²) in [5, 5.41) is 13.8. The summed E-state index contributed by atoms with van der Waals surface area (Å²) in [6.45, 7) is 0. The van der Waals surface area contributed by atoms with Gasteiger partial charge in [-0.3, -0.25) is 10.1 Å². The fourth-order valence-electron chi connectivity index (χ4n) is 1.05. The summed E-state index contributed by atoms with van der Waals surface area (Å²) >= 11 is 5.47. The minimum absolute atomic E-state index is 0.00310. The van der Waals surface area contributed by atoms with Crippen molar-refractivity contribution in [1.29, 1.82) is 0 Å². The zero-order valence-corrected chi connectivity index (χ0v) is 8.01. The number of hydrogen-bond donors (Lipinski definition) is 0. The molecule has 0 fully saturated rings. The lowest BCUT2D eigenvalue weighted by Gasteiger charge is -1.93. The second-order valence-electron chi connectivity index (χ2n) is 2.67. The molecule has 2 rings (SSSR count). The molecule has 15 heavy (non-hydrogen) atoms. The van der Waals surface area contributed by atoms with Gasteiger partial charge in [-0.15, -0.1) is 0 Å². The molecule has 0 aliphatic heterocycles. The van der Waals surface area contributed by atoms with E-state index in [1.807, 2.05) is 0 Å². The van der Waals surface area contributed by atoms with Crippen molar-refractivity contribution in [2.24, 2.45) is 0 Å². The number of benzene rings is 1. The second kappa shape index (κ2) is 3.66. The van der Waals surface area contributed by atoms with Crippen LogP contribution in [0.3, 0.4) is 0 Å². The first-order valence-electron chi connectivity index (χ1n) is 3.91. The fraction of sp³-hybridized carbons (Fsp3) is 0. The van der Waals surface area contributed by atoms with Gasteiger partial charge in [0, 0.05) is 17.7 Å². The Labute approximate surface area is 88.6 Å². The fourth-order valence-corrected chi connectivity index (χ4v) is 1.16. The van der Waals surface area contributed by atoms with E-state index in [4.69, 9.17) is 16.1 Å². The van der Waals surface area contributed by atoms with Crippen LogP contribution in [0.1, 0.15) is 0 Å². The summed E-state index contributed by atoms with van der Waals surface area (Å²) in [6, 6.07) is 5.74. The molecule has 0 aliphatic carbocycles. The van der Waals surface area contributed by atoms with E-state index in [9.17, 15) is 10.1 Å². The Morgan fingerprint density at radius 2 is 2.00 bits per heavy atom. The van der Waals surface area contributed by atoms with Gasteiger partial charge in [-0.05, 0) is 28.9 Å². The Balaban J connectivity index is 2.35. The number of nitrogens with zero attached hydrogens (tertiary/aromatic N) is 3. The van der Waals surface area contributed by atoms with Crippen LogP contribution in [0.25, 0.3) is 11.5 Å². The van der Waals surface area contributed by atoms with E-state index in [2.05, 4.69) is 10.1 Å². The smallest absolute Gasteiger partial charge is 0.269 e. The van der Waals surface area contributed by atoms with Crippen LogP contribution in [0.2, 0.25) is 5.28 Å². The molecule has 0 spiro atoms. The number of nitro benzene ring substituents is 1. The van der Waals surface area contributed by atoms with Crippen molar-refractivity contribution < 1.29 is 9.45 Å². The SMILES string of the molecule is O=[N+]([O-])c1ccc(-c2nc(Cl)no2)cc1. The summed E-state index contributed by atoms with van der Waals surface area (Å²) in [7, 11) is 0. The van der Waals surface area contributed by atoms with E-state index in [-0.39, 0.29) is 16.9 Å². The highest BCUT2D eigenvalue weighted by Crippen LogP contribution is 2.21.